The summed E-state index contributed by atoms with van der Waals surface area (Å²) in [4.78, 5) is 0. The molecule has 9 fully saturated rings. The van der Waals surface area contributed by atoms with E-state index in [1.54, 1.807) is 12.8 Å². The number of nitrogens with one attached hydrogen (secondary N) is 6. The van der Waals surface area contributed by atoms with Crippen molar-refractivity contribution in [3.63, 3.8) is 0 Å². The molecule has 6 N–H and O–H groups in total. The van der Waals surface area contributed by atoms with Crippen molar-refractivity contribution >= 4 is 11.8 Å². The van der Waals surface area contributed by atoms with Gasteiger partial charge in [0, 0.05) is 47.8 Å². The number of fused-ring (bicyclic) bond motifs is 5. The summed E-state index contributed by atoms with van der Waals surface area (Å²) in [6.45, 7) is 15.3. The van der Waals surface area contributed by atoms with Crippen LogP contribution in [0.4, 0.5) is 0 Å². The number of rotatable bonds is 4. The summed E-state index contributed by atoms with van der Waals surface area (Å²) in [7, 11) is 0. The molecule has 49 heavy (non-hydrogen) atoms. The zero-order chi connectivity index (χ0) is 33.2. The first-order valence-electron chi connectivity index (χ1n) is 22.0. The molecule has 9 rings (SSSR count). The Morgan fingerprint density at radius 3 is 1.29 bits per heavy atom. The van der Waals surface area contributed by atoms with E-state index in [2.05, 4.69) is 71.8 Å². The Kier molecular flexibility index (Phi) is 10.5. The Labute approximate surface area is 304 Å². The lowest BCUT2D eigenvalue weighted by Gasteiger charge is -2.53. The normalized spacial score (nSPS) is 56.6. The van der Waals surface area contributed by atoms with E-state index in [4.69, 9.17) is 0 Å². The van der Waals surface area contributed by atoms with Crippen LogP contribution in [0.5, 0.6) is 0 Å². The lowest BCUT2D eigenvalue weighted by atomic mass is 9.57. The second-order valence-electron chi connectivity index (χ2n) is 20.1. The molecule has 9 aliphatic rings. The van der Waals surface area contributed by atoms with E-state index < -0.39 is 0 Å². The van der Waals surface area contributed by atoms with Crippen molar-refractivity contribution in [1.29, 1.82) is 0 Å². The zero-order valence-corrected chi connectivity index (χ0v) is 32.5. The lowest BCUT2D eigenvalue weighted by molar-refractivity contribution is 0.000886. The van der Waals surface area contributed by atoms with E-state index in [-0.39, 0.29) is 0 Å². The van der Waals surface area contributed by atoms with Crippen LogP contribution in [0, 0.1) is 82.9 Å². The van der Waals surface area contributed by atoms with Gasteiger partial charge in [0.1, 0.15) is 0 Å². The van der Waals surface area contributed by atoms with Gasteiger partial charge < -0.3 is 10.6 Å². The molecular formula is C42H74N6S. The molecular weight excluding hydrogens is 621 g/mol. The van der Waals surface area contributed by atoms with Crippen LogP contribution in [0.3, 0.4) is 0 Å². The molecule has 0 aromatic heterocycles. The fraction of sp³-hybridized carbons (Fsp3) is 1.00. The molecule has 0 spiro atoms. The third kappa shape index (κ3) is 6.64. The van der Waals surface area contributed by atoms with Crippen molar-refractivity contribution in [3.8, 4) is 0 Å². The van der Waals surface area contributed by atoms with Crippen molar-refractivity contribution in [2.45, 2.75) is 152 Å². The summed E-state index contributed by atoms with van der Waals surface area (Å²) < 4.78 is 0. The van der Waals surface area contributed by atoms with Crippen LogP contribution in [0.2, 0.25) is 0 Å². The van der Waals surface area contributed by atoms with Crippen LogP contribution in [-0.4, -0.2) is 60.8 Å². The Morgan fingerprint density at radius 2 is 0.857 bits per heavy atom. The fourth-order valence-electron chi connectivity index (χ4n) is 15.5. The number of piperidine rings is 2. The Hall–Kier alpha value is 0.110. The minimum Gasteiger partial charge on any atom is -0.312 e. The number of hydrogen-bond acceptors (Lipinski definition) is 7. The van der Waals surface area contributed by atoms with Crippen molar-refractivity contribution < 1.29 is 0 Å². The molecule has 278 valence electrons. The van der Waals surface area contributed by atoms with Crippen molar-refractivity contribution in [2.24, 2.45) is 82.9 Å². The van der Waals surface area contributed by atoms with Crippen LogP contribution in [0.15, 0.2) is 0 Å². The van der Waals surface area contributed by atoms with E-state index in [0.29, 0.717) is 24.2 Å². The first kappa shape index (κ1) is 34.9. The predicted molar refractivity (Wildman–Crippen MR) is 205 cm³/mol. The smallest absolute Gasteiger partial charge is 0.0402 e. The summed E-state index contributed by atoms with van der Waals surface area (Å²) in [5, 5.41) is 9.93. The van der Waals surface area contributed by atoms with Gasteiger partial charge in [-0.05, 0) is 186 Å². The second-order valence-corrected chi connectivity index (χ2v) is 21.6. The maximum absolute atomic E-state index is 3.98. The molecule has 5 aliphatic heterocycles. The Balaban J connectivity index is 0.822. The number of thioether (sulfide) groups is 1. The van der Waals surface area contributed by atoms with Gasteiger partial charge in [0.25, 0.3) is 0 Å². The van der Waals surface area contributed by atoms with E-state index >= 15 is 0 Å². The molecule has 16 atom stereocenters. The molecule has 7 heteroatoms. The third-order valence-electron chi connectivity index (χ3n) is 17.5. The quantitative estimate of drug-likeness (QED) is 0.199. The largest absolute Gasteiger partial charge is 0.312 e. The molecule has 0 aromatic rings. The highest BCUT2D eigenvalue weighted by atomic mass is 32.2. The van der Waals surface area contributed by atoms with Crippen LogP contribution >= 0.6 is 11.8 Å². The molecule has 0 radical (unpaired) electrons. The van der Waals surface area contributed by atoms with E-state index in [9.17, 15) is 0 Å². The minimum atomic E-state index is 0.601. The summed E-state index contributed by atoms with van der Waals surface area (Å²) >= 11 is 2.49. The molecule has 6 nitrogen and oxygen atoms in total. The first-order valence-corrected chi connectivity index (χ1v) is 23.0. The van der Waals surface area contributed by atoms with Gasteiger partial charge in [-0.2, -0.15) is 11.8 Å². The van der Waals surface area contributed by atoms with Crippen molar-refractivity contribution in [2.75, 3.05) is 26.2 Å². The molecule has 16 unspecified atom stereocenters. The molecule has 0 amide bonds. The molecule has 5 saturated heterocycles. The maximum atomic E-state index is 3.98. The van der Waals surface area contributed by atoms with E-state index in [1.807, 2.05) is 0 Å². The number of hydrazine groups is 2. The average Bonchev–Trinajstić information content (AvgIpc) is 3.48. The van der Waals surface area contributed by atoms with Gasteiger partial charge in [-0.25, -0.2) is 0 Å². The Morgan fingerprint density at radius 1 is 0.429 bits per heavy atom. The summed E-state index contributed by atoms with van der Waals surface area (Å²) in [6, 6.07) is 2.55. The molecule has 0 bridgehead atoms. The van der Waals surface area contributed by atoms with Crippen molar-refractivity contribution in [1.82, 2.24) is 32.3 Å². The van der Waals surface area contributed by atoms with Gasteiger partial charge in [-0.15, -0.1) is 0 Å². The molecule has 5 heterocycles. The SMILES string of the molecule is CC1CC(C2CCC3SC4CCC(C5CC(C)C(C6NNCC7CCCNC76)C(C)C5)CC4C3C2)CC(C)C1C1NNCC2CCCNC21. The predicted octanol–water partition coefficient (Wildman–Crippen LogP) is 6.59. The van der Waals surface area contributed by atoms with Gasteiger partial charge >= 0.3 is 0 Å². The van der Waals surface area contributed by atoms with Gasteiger partial charge in [-0.3, -0.25) is 21.7 Å². The fourth-order valence-corrected chi connectivity index (χ4v) is 17.5. The van der Waals surface area contributed by atoms with E-state index in [0.717, 1.165) is 106 Å². The third-order valence-corrected chi connectivity index (χ3v) is 19.3. The minimum absolute atomic E-state index is 0.601. The summed E-state index contributed by atoms with van der Waals surface area (Å²) in [6.07, 6.45) is 20.7. The topological polar surface area (TPSA) is 72.2 Å². The summed E-state index contributed by atoms with van der Waals surface area (Å²) in [5.41, 5.74) is 15.0. The van der Waals surface area contributed by atoms with Gasteiger partial charge in [0.15, 0.2) is 0 Å². The standard InChI is InChI=1S/C42H74N6S/c1-23-15-31(16-24(2)37(23)41-39-29(21-45-47-41)7-5-13-43-39)27-9-11-35-33(19-27)34-20-28(10-12-36(34)49-35)32-17-25(3)38(26(4)18-32)42-40-30(22-46-48-42)8-6-14-44-40/h23-48H,5-22H2,1-4H3. The lowest BCUT2D eigenvalue weighted by Crippen LogP contribution is -2.68. The monoisotopic (exact) mass is 695 g/mol. The van der Waals surface area contributed by atoms with Gasteiger partial charge in [0.2, 0.25) is 0 Å². The second kappa shape index (κ2) is 14.7. The molecule has 4 saturated carbocycles. The Bertz CT molecular complexity index is 1010. The summed E-state index contributed by atoms with van der Waals surface area (Å²) in [5.74, 6) is 12.5. The van der Waals surface area contributed by atoms with Crippen LogP contribution in [0.1, 0.15) is 118 Å². The van der Waals surface area contributed by atoms with Gasteiger partial charge in [0.05, 0.1) is 0 Å². The highest BCUT2D eigenvalue weighted by Crippen LogP contribution is 2.60. The van der Waals surface area contributed by atoms with Crippen molar-refractivity contribution in [3.05, 3.63) is 0 Å². The highest BCUT2D eigenvalue weighted by molar-refractivity contribution is 8.00. The molecule has 4 aliphatic carbocycles. The van der Waals surface area contributed by atoms with E-state index in [1.165, 1.54) is 90.1 Å². The number of hydrogen-bond donors (Lipinski definition) is 6. The van der Waals surface area contributed by atoms with Crippen LogP contribution in [-0.2, 0) is 0 Å². The van der Waals surface area contributed by atoms with Crippen LogP contribution < -0.4 is 32.3 Å². The zero-order valence-electron chi connectivity index (χ0n) is 31.7. The molecule has 0 aromatic carbocycles. The average molecular weight is 695 g/mol. The first-order chi connectivity index (χ1) is 23.9. The maximum Gasteiger partial charge on any atom is 0.0402 e. The van der Waals surface area contributed by atoms with Gasteiger partial charge in [-0.1, -0.05) is 27.7 Å². The highest BCUT2D eigenvalue weighted by Gasteiger charge is 2.53. The van der Waals surface area contributed by atoms with Crippen LogP contribution in [0.25, 0.3) is 0 Å².